The Morgan fingerprint density at radius 1 is 0.403 bits per heavy atom. The fourth-order valence-corrected chi connectivity index (χ4v) is 9.14. The first-order chi connectivity index (χ1) is 29.8. The third-order valence-electron chi connectivity index (χ3n) is 12.4. The molecule has 0 atom stereocenters. The minimum atomic E-state index is -0.696. The first kappa shape index (κ1) is 38.9. The molecule has 0 fully saturated rings. The number of rotatable bonds is 5. The minimum absolute atomic E-state index is 0.135. The van der Waals surface area contributed by atoms with E-state index < -0.39 is 11.6 Å². The average Bonchev–Trinajstić information content (AvgIpc) is 3.77. The van der Waals surface area contributed by atoms with Gasteiger partial charge in [0.15, 0.2) is 0 Å². The van der Waals surface area contributed by atoms with Crippen LogP contribution < -0.4 is 0 Å². The van der Waals surface area contributed by atoms with Crippen LogP contribution in [0.2, 0.25) is 0 Å². The Morgan fingerprint density at radius 2 is 0.839 bits per heavy atom. The van der Waals surface area contributed by atoms with Crippen molar-refractivity contribution in [2.75, 3.05) is 0 Å². The molecule has 0 bridgehead atoms. The number of halogens is 2. The van der Waals surface area contributed by atoms with Gasteiger partial charge in [-0.2, -0.15) is 5.26 Å². The number of hydrogen-bond donors (Lipinski definition) is 0. The number of nitriles is 1. The molecule has 10 rings (SSSR count). The molecule has 10 aromatic rings. The topological polar surface area (TPSA) is 33.6 Å². The van der Waals surface area contributed by atoms with Gasteiger partial charge in [0.05, 0.1) is 50.6 Å². The van der Waals surface area contributed by atoms with Gasteiger partial charge in [0, 0.05) is 27.1 Å². The fourth-order valence-electron chi connectivity index (χ4n) is 9.14. The smallest absolute Gasteiger partial charge is 0.134 e. The molecule has 0 aliphatic rings. The summed E-state index contributed by atoms with van der Waals surface area (Å²) < 4.78 is 37.9. The van der Waals surface area contributed by atoms with Crippen LogP contribution in [0.15, 0.2) is 164 Å². The monoisotopic (exact) mass is 809 g/mol. The second-order valence-corrected chi connectivity index (χ2v) is 18.4. The molecule has 2 aromatic heterocycles. The highest BCUT2D eigenvalue weighted by atomic mass is 19.1. The van der Waals surface area contributed by atoms with Crippen LogP contribution in [0.5, 0.6) is 0 Å². The Kier molecular flexibility index (Phi) is 9.05. The summed E-state index contributed by atoms with van der Waals surface area (Å²) in [5.41, 5.74) is 11.1. The van der Waals surface area contributed by atoms with Gasteiger partial charge >= 0.3 is 0 Å². The summed E-state index contributed by atoms with van der Waals surface area (Å²) in [4.78, 5) is 0. The Hall–Kier alpha value is -7.29. The van der Waals surface area contributed by atoms with Crippen LogP contribution in [-0.4, -0.2) is 9.13 Å². The normalized spacial score (nSPS) is 12.2. The third kappa shape index (κ3) is 6.37. The van der Waals surface area contributed by atoms with Crippen molar-refractivity contribution in [3.63, 3.8) is 0 Å². The van der Waals surface area contributed by atoms with E-state index in [2.05, 4.69) is 154 Å². The van der Waals surface area contributed by atoms with Crippen LogP contribution in [0, 0.1) is 23.0 Å². The first-order valence-corrected chi connectivity index (χ1v) is 21.1. The van der Waals surface area contributed by atoms with E-state index in [4.69, 9.17) is 0 Å². The van der Waals surface area contributed by atoms with E-state index in [9.17, 15) is 5.26 Å². The van der Waals surface area contributed by atoms with Gasteiger partial charge in [0.2, 0.25) is 0 Å². The van der Waals surface area contributed by atoms with Gasteiger partial charge in [-0.05, 0) is 105 Å². The molecule has 0 N–H and O–H groups in total. The van der Waals surface area contributed by atoms with E-state index >= 15 is 8.78 Å². The SMILES string of the molecule is CC(C)(C)c1ccc2c(c1)c1ccc(-c3ccccc3)cc1n2-c1cc(C#N)cc(-n2c3ccc(C(C)(C)C)cc3c3ccc(-c4ccccc4)cc32)c1-c1c(F)cccc1F. The molecule has 62 heavy (non-hydrogen) atoms. The van der Waals surface area contributed by atoms with Gasteiger partial charge in [-0.15, -0.1) is 0 Å². The lowest BCUT2D eigenvalue weighted by atomic mass is 9.86. The molecular formula is C57H45F2N3. The number of nitrogens with zero attached hydrogens (tertiary/aromatic N) is 3. The lowest BCUT2D eigenvalue weighted by molar-refractivity contribution is 0.589. The first-order valence-electron chi connectivity index (χ1n) is 21.1. The van der Waals surface area contributed by atoms with Crippen molar-refractivity contribution in [3.8, 4) is 50.8 Å². The second-order valence-electron chi connectivity index (χ2n) is 18.4. The predicted octanol–water partition coefficient (Wildman–Crippen LogP) is 15.6. The lowest BCUT2D eigenvalue weighted by Crippen LogP contribution is -2.11. The number of benzene rings is 8. The summed E-state index contributed by atoms with van der Waals surface area (Å²) in [6.45, 7) is 13.2. The summed E-state index contributed by atoms with van der Waals surface area (Å²) in [5, 5.41) is 14.9. The van der Waals surface area contributed by atoms with Crippen molar-refractivity contribution in [1.82, 2.24) is 9.13 Å². The van der Waals surface area contributed by atoms with E-state index in [1.165, 1.54) is 18.2 Å². The third-order valence-corrected chi connectivity index (χ3v) is 12.4. The number of fused-ring (bicyclic) bond motifs is 6. The zero-order valence-corrected chi connectivity index (χ0v) is 35.7. The highest BCUT2D eigenvalue weighted by Gasteiger charge is 2.28. The van der Waals surface area contributed by atoms with E-state index in [0.29, 0.717) is 22.5 Å². The summed E-state index contributed by atoms with van der Waals surface area (Å²) >= 11 is 0. The van der Waals surface area contributed by atoms with Gasteiger partial charge < -0.3 is 9.13 Å². The van der Waals surface area contributed by atoms with Gasteiger partial charge in [0.1, 0.15) is 11.6 Å². The van der Waals surface area contributed by atoms with Crippen LogP contribution in [0.1, 0.15) is 58.2 Å². The fraction of sp³-hybridized carbons (Fsp3) is 0.140. The van der Waals surface area contributed by atoms with E-state index in [1.807, 2.05) is 36.4 Å². The van der Waals surface area contributed by atoms with Gasteiger partial charge in [-0.25, -0.2) is 8.78 Å². The Morgan fingerprint density at radius 3 is 1.24 bits per heavy atom. The lowest BCUT2D eigenvalue weighted by Gasteiger charge is -2.22. The summed E-state index contributed by atoms with van der Waals surface area (Å²) in [5.74, 6) is -1.39. The van der Waals surface area contributed by atoms with Crippen molar-refractivity contribution in [2.24, 2.45) is 0 Å². The second kappa shape index (κ2) is 14.4. The Balaban J connectivity index is 1.40. The van der Waals surface area contributed by atoms with Crippen molar-refractivity contribution < 1.29 is 8.78 Å². The van der Waals surface area contributed by atoms with Crippen molar-refractivity contribution in [1.29, 1.82) is 5.26 Å². The number of aromatic nitrogens is 2. The van der Waals surface area contributed by atoms with Gasteiger partial charge in [-0.1, -0.05) is 145 Å². The van der Waals surface area contributed by atoms with Crippen LogP contribution in [0.25, 0.3) is 88.4 Å². The zero-order valence-electron chi connectivity index (χ0n) is 35.7. The molecule has 0 aliphatic carbocycles. The molecule has 3 nitrogen and oxygen atoms in total. The summed E-state index contributed by atoms with van der Waals surface area (Å²) in [7, 11) is 0. The Labute approximate surface area is 360 Å². The van der Waals surface area contributed by atoms with Crippen LogP contribution >= 0.6 is 0 Å². The quantitative estimate of drug-likeness (QED) is 0.170. The van der Waals surface area contributed by atoms with Gasteiger partial charge in [0.25, 0.3) is 0 Å². The maximum atomic E-state index is 16.8. The van der Waals surface area contributed by atoms with Crippen LogP contribution in [0.3, 0.4) is 0 Å². The molecule has 0 unspecified atom stereocenters. The highest BCUT2D eigenvalue weighted by molar-refractivity contribution is 6.13. The van der Waals surface area contributed by atoms with E-state index in [-0.39, 0.29) is 16.4 Å². The average molecular weight is 810 g/mol. The van der Waals surface area contributed by atoms with E-state index in [1.54, 1.807) is 12.1 Å². The molecular weight excluding hydrogens is 765 g/mol. The standard InChI is InChI=1S/C57H45F2N3/c1-56(2,3)40-22-26-48-44(32-40)42-24-20-38(36-14-9-7-10-15-36)30-50(42)61(48)52-28-35(34-60)29-53(55(52)54-46(58)18-13-19-47(54)59)62-49-27-23-41(57(4,5)6)33-45(49)43-25-21-39(31-51(43)62)37-16-11-8-12-17-37/h7-33H,1-6H3. The summed E-state index contributed by atoms with van der Waals surface area (Å²) in [6.07, 6.45) is 0. The molecule has 0 aliphatic heterocycles. The molecule has 0 saturated heterocycles. The molecule has 2 heterocycles. The molecule has 8 aromatic carbocycles. The molecule has 0 spiro atoms. The Bertz CT molecular complexity index is 3230. The van der Waals surface area contributed by atoms with Gasteiger partial charge in [-0.3, -0.25) is 0 Å². The molecule has 0 amide bonds. The number of hydrogen-bond acceptors (Lipinski definition) is 1. The van der Waals surface area contributed by atoms with Crippen molar-refractivity contribution >= 4 is 43.6 Å². The van der Waals surface area contributed by atoms with Crippen molar-refractivity contribution in [3.05, 3.63) is 192 Å². The largest absolute Gasteiger partial charge is 0.308 e. The molecule has 0 radical (unpaired) electrons. The van der Waals surface area contributed by atoms with E-state index in [0.717, 1.165) is 77.0 Å². The minimum Gasteiger partial charge on any atom is -0.308 e. The predicted molar refractivity (Wildman–Crippen MR) is 253 cm³/mol. The highest BCUT2D eigenvalue weighted by Crippen LogP contribution is 2.46. The zero-order chi connectivity index (χ0) is 43.1. The molecule has 5 heteroatoms. The maximum absolute atomic E-state index is 16.8. The summed E-state index contributed by atoms with van der Waals surface area (Å²) in [6, 6.07) is 56.3. The maximum Gasteiger partial charge on any atom is 0.134 e. The van der Waals surface area contributed by atoms with Crippen LogP contribution in [0.4, 0.5) is 8.78 Å². The molecule has 302 valence electrons. The van der Waals surface area contributed by atoms with Crippen LogP contribution in [-0.2, 0) is 10.8 Å². The molecule has 0 saturated carbocycles. The van der Waals surface area contributed by atoms with Crippen molar-refractivity contribution in [2.45, 2.75) is 52.4 Å².